The maximum absolute atomic E-state index is 12.2. The molecule has 2 rings (SSSR count). The lowest BCUT2D eigenvalue weighted by molar-refractivity contribution is 0.0941. The average molecular weight is 317 g/mol. The monoisotopic (exact) mass is 317 g/mol. The molecule has 6 heteroatoms. The number of aromatic nitrogens is 2. The van der Waals surface area contributed by atoms with E-state index in [-0.39, 0.29) is 5.91 Å². The van der Waals surface area contributed by atoms with E-state index in [9.17, 15) is 4.79 Å². The minimum atomic E-state index is -0.139. The molecule has 0 fully saturated rings. The molecule has 0 atom stereocenters. The Bertz CT molecular complexity index is 652. The molecule has 23 heavy (non-hydrogen) atoms. The van der Waals surface area contributed by atoms with E-state index in [1.54, 1.807) is 24.9 Å². The SMILES string of the molecule is COCCCOc1cccc(CNC(=O)c2cc(C)nn2C)c1. The summed E-state index contributed by atoms with van der Waals surface area (Å²) < 4.78 is 12.2. The van der Waals surface area contributed by atoms with Crippen molar-refractivity contribution in [1.29, 1.82) is 0 Å². The smallest absolute Gasteiger partial charge is 0.269 e. The number of hydrogen-bond acceptors (Lipinski definition) is 4. The number of benzene rings is 1. The maximum atomic E-state index is 12.2. The van der Waals surface area contributed by atoms with Gasteiger partial charge in [0.25, 0.3) is 5.91 Å². The summed E-state index contributed by atoms with van der Waals surface area (Å²) in [5.74, 6) is 0.656. The van der Waals surface area contributed by atoms with Gasteiger partial charge in [-0.05, 0) is 30.7 Å². The van der Waals surface area contributed by atoms with E-state index in [1.165, 1.54) is 0 Å². The van der Waals surface area contributed by atoms with Gasteiger partial charge in [0.05, 0.1) is 12.3 Å². The first-order valence-corrected chi connectivity index (χ1v) is 7.59. The van der Waals surface area contributed by atoms with E-state index in [0.29, 0.717) is 25.5 Å². The third kappa shape index (κ3) is 5.10. The fourth-order valence-corrected chi connectivity index (χ4v) is 2.23. The van der Waals surface area contributed by atoms with Gasteiger partial charge in [-0.1, -0.05) is 12.1 Å². The van der Waals surface area contributed by atoms with Crippen LogP contribution in [0.5, 0.6) is 5.75 Å². The largest absolute Gasteiger partial charge is 0.493 e. The van der Waals surface area contributed by atoms with Gasteiger partial charge in [0.15, 0.2) is 0 Å². The highest BCUT2D eigenvalue weighted by Gasteiger charge is 2.11. The van der Waals surface area contributed by atoms with Crippen LogP contribution < -0.4 is 10.1 Å². The van der Waals surface area contributed by atoms with Gasteiger partial charge in [0, 0.05) is 33.7 Å². The summed E-state index contributed by atoms with van der Waals surface area (Å²) in [5, 5.41) is 7.07. The van der Waals surface area contributed by atoms with Crippen molar-refractivity contribution in [2.75, 3.05) is 20.3 Å². The molecule has 0 bridgehead atoms. The first kappa shape index (κ1) is 17.0. The molecule has 0 spiro atoms. The fraction of sp³-hybridized carbons (Fsp3) is 0.412. The molecule has 1 N–H and O–H groups in total. The summed E-state index contributed by atoms with van der Waals surface area (Å²) in [6.07, 6.45) is 0.845. The van der Waals surface area contributed by atoms with Crippen LogP contribution in [0.2, 0.25) is 0 Å². The molecule has 0 aliphatic carbocycles. The van der Waals surface area contributed by atoms with E-state index < -0.39 is 0 Å². The molecule has 0 unspecified atom stereocenters. The minimum Gasteiger partial charge on any atom is -0.493 e. The quantitative estimate of drug-likeness (QED) is 0.757. The molecular weight excluding hydrogens is 294 g/mol. The lowest BCUT2D eigenvalue weighted by Crippen LogP contribution is -2.25. The Kier molecular flexibility index (Phi) is 6.17. The van der Waals surface area contributed by atoms with Gasteiger partial charge in [-0.2, -0.15) is 5.10 Å². The van der Waals surface area contributed by atoms with Crippen molar-refractivity contribution < 1.29 is 14.3 Å². The van der Waals surface area contributed by atoms with Crippen LogP contribution in [0.4, 0.5) is 0 Å². The topological polar surface area (TPSA) is 65.4 Å². The number of carbonyl (C=O) groups excluding carboxylic acids is 1. The number of ether oxygens (including phenoxy) is 2. The fourth-order valence-electron chi connectivity index (χ4n) is 2.23. The molecule has 0 saturated heterocycles. The molecule has 0 radical (unpaired) electrons. The van der Waals surface area contributed by atoms with Crippen molar-refractivity contribution in [1.82, 2.24) is 15.1 Å². The number of methoxy groups -OCH3 is 1. The Balaban J connectivity index is 1.88. The van der Waals surface area contributed by atoms with Crippen LogP contribution in [0.1, 0.15) is 28.2 Å². The zero-order chi connectivity index (χ0) is 16.7. The van der Waals surface area contributed by atoms with Gasteiger partial charge >= 0.3 is 0 Å². The summed E-state index contributed by atoms with van der Waals surface area (Å²) in [6, 6.07) is 9.48. The number of amides is 1. The van der Waals surface area contributed by atoms with Crippen LogP contribution in [0.15, 0.2) is 30.3 Å². The van der Waals surface area contributed by atoms with Crippen LogP contribution in [-0.2, 0) is 18.3 Å². The van der Waals surface area contributed by atoms with Crippen LogP contribution in [0, 0.1) is 6.92 Å². The Morgan fingerprint density at radius 1 is 1.30 bits per heavy atom. The first-order chi connectivity index (χ1) is 11.1. The zero-order valence-corrected chi connectivity index (χ0v) is 13.8. The van der Waals surface area contributed by atoms with E-state index in [4.69, 9.17) is 9.47 Å². The highest BCUT2D eigenvalue weighted by atomic mass is 16.5. The Morgan fingerprint density at radius 2 is 2.13 bits per heavy atom. The zero-order valence-electron chi connectivity index (χ0n) is 13.8. The van der Waals surface area contributed by atoms with E-state index >= 15 is 0 Å². The second kappa shape index (κ2) is 8.33. The molecule has 1 amide bonds. The molecule has 0 aliphatic heterocycles. The number of hydrogen-bond donors (Lipinski definition) is 1. The Morgan fingerprint density at radius 3 is 2.83 bits per heavy atom. The molecule has 1 aromatic carbocycles. The summed E-state index contributed by atoms with van der Waals surface area (Å²) in [4.78, 5) is 12.2. The average Bonchev–Trinajstić information content (AvgIpc) is 2.88. The summed E-state index contributed by atoms with van der Waals surface area (Å²) in [6.45, 7) is 3.59. The van der Waals surface area contributed by atoms with Crippen molar-refractivity contribution in [2.45, 2.75) is 19.9 Å². The van der Waals surface area contributed by atoms with Gasteiger partial charge in [0.1, 0.15) is 11.4 Å². The van der Waals surface area contributed by atoms with Crippen molar-refractivity contribution in [3.05, 3.63) is 47.3 Å². The van der Waals surface area contributed by atoms with Crippen molar-refractivity contribution in [3.8, 4) is 5.75 Å². The molecule has 124 valence electrons. The number of nitrogens with one attached hydrogen (secondary N) is 1. The number of aryl methyl sites for hydroxylation is 2. The summed E-state index contributed by atoms with van der Waals surface area (Å²) >= 11 is 0. The Labute approximate surface area is 136 Å². The van der Waals surface area contributed by atoms with Crippen molar-refractivity contribution >= 4 is 5.91 Å². The van der Waals surface area contributed by atoms with E-state index in [1.807, 2.05) is 31.2 Å². The molecular formula is C17H23N3O3. The second-order valence-electron chi connectivity index (χ2n) is 5.32. The summed E-state index contributed by atoms with van der Waals surface area (Å²) in [7, 11) is 3.43. The standard InChI is InChI=1S/C17H23N3O3/c1-13-10-16(20(2)19-13)17(21)18-12-14-6-4-7-15(11-14)23-9-5-8-22-3/h4,6-7,10-11H,5,8-9,12H2,1-3H3,(H,18,21). The van der Waals surface area contributed by atoms with E-state index in [0.717, 1.165) is 23.4 Å². The van der Waals surface area contributed by atoms with Gasteiger partial charge in [0.2, 0.25) is 0 Å². The minimum absolute atomic E-state index is 0.139. The maximum Gasteiger partial charge on any atom is 0.269 e. The second-order valence-corrected chi connectivity index (χ2v) is 5.32. The van der Waals surface area contributed by atoms with Gasteiger partial charge < -0.3 is 14.8 Å². The van der Waals surface area contributed by atoms with Crippen molar-refractivity contribution in [3.63, 3.8) is 0 Å². The van der Waals surface area contributed by atoms with E-state index in [2.05, 4.69) is 10.4 Å². The van der Waals surface area contributed by atoms with Crippen LogP contribution in [0.25, 0.3) is 0 Å². The predicted octanol–water partition coefficient (Wildman–Crippen LogP) is 2.07. The lowest BCUT2D eigenvalue weighted by Gasteiger charge is -2.09. The van der Waals surface area contributed by atoms with Gasteiger partial charge in [-0.15, -0.1) is 0 Å². The summed E-state index contributed by atoms with van der Waals surface area (Å²) in [5.41, 5.74) is 2.36. The third-order valence-electron chi connectivity index (χ3n) is 3.35. The van der Waals surface area contributed by atoms with Crippen molar-refractivity contribution in [2.24, 2.45) is 7.05 Å². The number of rotatable bonds is 8. The van der Waals surface area contributed by atoms with Crippen LogP contribution in [-0.4, -0.2) is 36.0 Å². The normalized spacial score (nSPS) is 10.6. The molecule has 2 aromatic rings. The predicted molar refractivity (Wildman–Crippen MR) is 87.5 cm³/mol. The molecule has 1 aromatic heterocycles. The molecule has 1 heterocycles. The van der Waals surface area contributed by atoms with Crippen LogP contribution in [0.3, 0.4) is 0 Å². The van der Waals surface area contributed by atoms with Crippen LogP contribution >= 0.6 is 0 Å². The number of carbonyl (C=O) groups is 1. The molecule has 0 saturated carbocycles. The Hall–Kier alpha value is -2.34. The lowest BCUT2D eigenvalue weighted by atomic mass is 10.2. The third-order valence-corrected chi connectivity index (χ3v) is 3.35. The first-order valence-electron chi connectivity index (χ1n) is 7.59. The highest BCUT2D eigenvalue weighted by molar-refractivity contribution is 5.92. The highest BCUT2D eigenvalue weighted by Crippen LogP contribution is 2.13. The molecule has 6 nitrogen and oxygen atoms in total. The van der Waals surface area contributed by atoms with Gasteiger partial charge in [-0.25, -0.2) is 0 Å². The number of nitrogens with zero attached hydrogens (tertiary/aromatic N) is 2. The van der Waals surface area contributed by atoms with Gasteiger partial charge in [-0.3, -0.25) is 9.48 Å². The molecule has 0 aliphatic rings.